The molecule has 9 aromatic rings. The van der Waals surface area contributed by atoms with E-state index in [1.807, 2.05) is 6.07 Å². The van der Waals surface area contributed by atoms with Gasteiger partial charge in [0.2, 0.25) is 0 Å². The number of nitrogens with one attached hydrogen (secondary N) is 1. The molecule has 0 saturated heterocycles. The van der Waals surface area contributed by atoms with Crippen molar-refractivity contribution in [2.45, 2.75) is 6.23 Å². The van der Waals surface area contributed by atoms with Crippen LogP contribution >= 0.6 is 0 Å². The zero-order valence-corrected chi connectivity index (χ0v) is 29.6. The van der Waals surface area contributed by atoms with Gasteiger partial charge in [-0.05, 0) is 80.6 Å². The third-order valence-corrected chi connectivity index (χ3v) is 10.5. The minimum Gasteiger partial charge on any atom is -0.464 e. The van der Waals surface area contributed by atoms with Crippen molar-refractivity contribution in [3.05, 3.63) is 212 Å². The van der Waals surface area contributed by atoms with Gasteiger partial charge in [-0.3, -0.25) is 0 Å². The van der Waals surface area contributed by atoms with Crippen molar-refractivity contribution in [3.8, 4) is 39.1 Å². The lowest BCUT2D eigenvalue weighted by atomic mass is 9.98. The highest BCUT2D eigenvalue weighted by Crippen LogP contribution is 2.50. The molecule has 3 nitrogen and oxygen atoms in total. The zero-order valence-electron chi connectivity index (χ0n) is 29.6. The molecule has 9 aromatic carbocycles. The Morgan fingerprint density at radius 3 is 1.28 bits per heavy atom. The molecule has 1 aliphatic heterocycles. The number of hydrogen-bond acceptors (Lipinski definition) is 3. The van der Waals surface area contributed by atoms with Crippen molar-refractivity contribution >= 4 is 44.3 Å². The summed E-state index contributed by atoms with van der Waals surface area (Å²) in [6.45, 7) is 0. The Hall–Kier alpha value is -7.10. The molecule has 54 heavy (non-hydrogen) atoms. The van der Waals surface area contributed by atoms with E-state index in [9.17, 15) is 0 Å². The molecular formula is C51H36N2O. The Balaban J connectivity index is 1.08. The van der Waals surface area contributed by atoms with Crippen LogP contribution in [0.2, 0.25) is 0 Å². The maximum Gasteiger partial charge on any atom is 0.196 e. The Kier molecular flexibility index (Phi) is 7.88. The first-order chi connectivity index (χ1) is 26.8. The Labute approximate surface area is 315 Å². The maximum atomic E-state index is 6.91. The summed E-state index contributed by atoms with van der Waals surface area (Å²) in [5.74, 6) is 0.876. The molecule has 0 saturated carbocycles. The van der Waals surface area contributed by atoms with Crippen LogP contribution in [0.1, 0.15) is 11.8 Å². The number of anilines is 4. The number of fused-ring (bicyclic) bond motifs is 6. The summed E-state index contributed by atoms with van der Waals surface area (Å²) >= 11 is 0. The first kappa shape index (κ1) is 31.6. The lowest BCUT2D eigenvalue weighted by molar-refractivity contribution is 0.262. The Morgan fingerprint density at radius 1 is 0.352 bits per heavy atom. The number of benzene rings is 9. The fourth-order valence-electron chi connectivity index (χ4n) is 7.78. The van der Waals surface area contributed by atoms with Crippen molar-refractivity contribution in [3.63, 3.8) is 0 Å². The second-order valence-electron chi connectivity index (χ2n) is 13.8. The van der Waals surface area contributed by atoms with Crippen LogP contribution in [-0.2, 0) is 0 Å². The van der Waals surface area contributed by atoms with E-state index in [0.717, 1.165) is 50.2 Å². The highest BCUT2D eigenvalue weighted by molar-refractivity contribution is 6.18. The molecule has 0 aliphatic carbocycles. The third-order valence-electron chi connectivity index (χ3n) is 10.5. The van der Waals surface area contributed by atoms with E-state index in [4.69, 9.17) is 4.74 Å². The van der Waals surface area contributed by atoms with Crippen molar-refractivity contribution in [1.82, 2.24) is 0 Å². The molecule has 3 heteroatoms. The van der Waals surface area contributed by atoms with Crippen LogP contribution in [0.15, 0.2) is 206 Å². The summed E-state index contributed by atoms with van der Waals surface area (Å²) in [7, 11) is 0. The zero-order chi connectivity index (χ0) is 35.8. The molecule has 10 rings (SSSR count). The summed E-state index contributed by atoms with van der Waals surface area (Å²) in [5, 5.41) is 8.35. The van der Waals surface area contributed by atoms with Gasteiger partial charge in [0.15, 0.2) is 12.0 Å². The molecule has 1 N–H and O–H groups in total. The first-order valence-corrected chi connectivity index (χ1v) is 18.4. The van der Waals surface area contributed by atoms with Gasteiger partial charge in [-0.2, -0.15) is 0 Å². The quantitative estimate of drug-likeness (QED) is 0.168. The molecule has 0 radical (unpaired) electrons. The minimum atomic E-state index is -0.311. The Bertz CT molecular complexity index is 2640. The lowest BCUT2D eigenvalue weighted by Gasteiger charge is -2.26. The molecule has 1 atom stereocenters. The van der Waals surface area contributed by atoms with E-state index in [1.165, 1.54) is 38.8 Å². The molecule has 0 aromatic heterocycles. The second-order valence-corrected chi connectivity index (χ2v) is 13.8. The SMILES string of the molecule is c1ccc(-c2ccc(C3Nc4c(c5cc(N(c6ccc(-c7ccccc7)cc6)c6ccc(-c7ccccc7)cc6)ccc5c5ccccc45)O3)cc2)cc1. The fourth-order valence-corrected chi connectivity index (χ4v) is 7.78. The number of rotatable bonds is 7. The van der Waals surface area contributed by atoms with E-state index < -0.39 is 0 Å². The summed E-state index contributed by atoms with van der Waals surface area (Å²) in [6, 6.07) is 73.4. The molecular weight excluding hydrogens is 657 g/mol. The molecule has 1 unspecified atom stereocenters. The molecule has 1 heterocycles. The highest BCUT2D eigenvalue weighted by atomic mass is 16.5. The lowest BCUT2D eigenvalue weighted by Crippen LogP contribution is -2.10. The molecule has 0 spiro atoms. The monoisotopic (exact) mass is 692 g/mol. The van der Waals surface area contributed by atoms with Crippen molar-refractivity contribution in [2.75, 3.05) is 10.2 Å². The predicted octanol–water partition coefficient (Wildman–Crippen LogP) is 14.0. The van der Waals surface area contributed by atoms with Crippen LogP contribution in [0.4, 0.5) is 22.7 Å². The van der Waals surface area contributed by atoms with Gasteiger partial charge in [0.1, 0.15) is 0 Å². The largest absolute Gasteiger partial charge is 0.464 e. The molecule has 256 valence electrons. The normalized spacial score (nSPS) is 13.3. The van der Waals surface area contributed by atoms with Crippen LogP contribution in [0, 0.1) is 0 Å². The highest BCUT2D eigenvalue weighted by Gasteiger charge is 2.29. The van der Waals surface area contributed by atoms with Gasteiger partial charge in [-0.1, -0.05) is 170 Å². The fraction of sp³-hybridized carbons (Fsp3) is 0.0196. The standard InChI is InChI=1S/C51H36N2O/c1-4-12-35(13-5-1)38-20-22-41(23-21-38)51-52-49-47-19-11-10-18-45(47)46-33-32-44(34-48(46)50(49)54-51)53(42-28-24-39(25-29-42)36-14-6-2-7-15-36)43-30-26-40(27-31-43)37-16-8-3-9-17-37/h1-34,51-52H. The van der Waals surface area contributed by atoms with Crippen molar-refractivity contribution < 1.29 is 4.74 Å². The number of nitrogens with zero attached hydrogens (tertiary/aromatic N) is 1. The molecule has 0 fully saturated rings. The topological polar surface area (TPSA) is 24.5 Å². The summed E-state index contributed by atoms with van der Waals surface area (Å²) in [5.41, 5.74) is 12.5. The minimum absolute atomic E-state index is 0.311. The van der Waals surface area contributed by atoms with Gasteiger partial charge in [-0.25, -0.2) is 0 Å². The third kappa shape index (κ3) is 5.73. The van der Waals surface area contributed by atoms with E-state index >= 15 is 0 Å². The predicted molar refractivity (Wildman–Crippen MR) is 226 cm³/mol. The average molecular weight is 693 g/mol. The summed E-state index contributed by atoms with van der Waals surface area (Å²) < 4.78 is 6.91. The maximum absolute atomic E-state index is 6.91. The first-order valence-electron chi connectivity index (χ1n) is 18.4. The van der Waals surface area contributed by atoms with Crippen LogP contribution in [0.5, 0.6) is 5.75 Å². The van der Waals surface area contributed by atoms with E-state index in [0.29, 0.717) is 0 Å². The average Bonchev–Trinajstić information content (AvgIpc) is 3.72. The van der Waals surface area contributed by atoms with Crippen LogP contribution < -0.4 is 15.0 Å². The van der Waals surface area contributed by atoms with Crippen LogP contribution in [-0.4, -0.2) is 0 Å². The van der Waals surface area contributed by atoms with Gasteiger partial charge in [0.05, 0.1) is 5.69 Å². The Morgan fingerprint density at radius 2 is 0.759 bits per heavy atom. The molecule has 1 aliphatic rings. The van der Waals surface area contributed by atoms with Gasteiger partial charge in [0, 0.05) is 33.4 Å². The van der Waals surface area contributed by atoms with Crippen molar-refractivity contribution in [1.29, 1.82) is 0 Å². The van der Waals surface area contributed by atoms with E-state index in [1.54, 1.807) is 0 Å². The second kappa shape index (κ2) is 13.5. The van der Waals surface area contributed by atoms with Gasteiger partial charge in [0.25, 0.3) is 0 Å². The van der Waals surface area contributed by atoms with Crippen LogP contribution in [0.25, 0.3) is 54.9 Å². The number of hydrogen-bond donors (Lipinski definition) is 1. The van der Waals surface area contributed by atoms with E-state index in [2.05, 4.69) is 210 Å². The van der Waals surface area contributed by atoms with Crippen molar-refractivity contribution in [2.24, 2.45) is 0 Å². The molecule has 0 bridgehead atoms. The van der Waals surface area contributed by atoms with Gasteiger partial charge < -0.3 is 15.0 Å². The smallest absolute Gasteiger partial charge is 0.196 e. The number of ether oxygens (including phenoxy) is 1. The summed E-state index contributed by atoms with van der Waals surface area (Å²) in [6.07, 6.45) is -0.311. The van der Waals surface area contributed by atoms with Crippen LogP contribution in [0.3, 0.4) is 0 Å². The van der Waals surface area contributed by atoms with Gasteiger partial charge in [-0.15, -0.1) is 0 Å². The summed E-state index contributed by atoms with van der Waals surface area (Å²) in [4.78, 5) is 2.34. The van der Waals surface area contributed by atoms with E-state index in [-0.39, 0.29) is 6.23 Å². The van der Waals surface area contributed by atoms with Gasteiger partial charge >= 0.3 is 0 Å². The molecule has 0 amide bonds.